The van der Waals surface area contributed by atoms with Crippen molar-refractivity contribution in [2.24, 2.45) is 0 Å². The number of benzene rings is 2. The number of aliphatic carboxylic acids is 1. The molecule has 2 atom stereocenters. The first kappa shape index (κ1) is 72.5. The van der Waals surface area contributed by atoms with Crippen LogP contribution in [0.3, 0.4) is 0 Å². The van der Waals surface area contributed by atoms with E-state index in [0.717, 1.165) is 78.9 Å². The fourth-order valence-corrected chi connectivity index (χ4v) is 16.0. The van der Waals surface area contributed by atoms with E-state index < -0.39 is 94.6 Å². The third kappa shape index (κ3) is 17.2. The zero-order chi connectivity index (χ0) is 68.3. The van der Waals surface area contributed by atoms with Crippen molar-refractivity contribution in [3.8, 4) is 22.3 Å². The molecule has 2 unspecified atom stereocenters. The number of aromatic nitrogens is 2. The number of pyridine rings is 2. The quantitative estimate of drug-likeness (QED) is 0.0106. The van der Waals surface area contributed by atoms with Crippen LogP contribution in [0.1, 0.15) is 178 Å². The average Bonchev–Trinajstić information content (AvgIpc) is 1.55. The molecule has 0 radical (unpaired) electrons. The van der Waals surface area contributed by atoms with Crippen LogP contribution in [0.25, 0.3) is 42.4 Å². The van der Waals surface area contributed by atoms with Gasteiger partial charge in [0.05, 0.1) is 33.7 Å². The molecule has 4 aromatic heterocycles. The van der Waals surface area contributed by atoms with Gasteiger partial charge in [0.2, 0.25) is 5.69 Å². The minimum Gasteiger partial charge on any atom is -0.481 e. The maximum atomic E-state index is 14.0. The Morgan fingerprint density at radius 2 is 1.11 bits per heavy atom. The van der Waals surface area contributed by atoms with Gasteiger partial charge in [-0.15, -0.1) is 22.7 Å². The van der Waals surface area contributed by atoms with Crippen LogP contribution in [0.5, 0.6) is 0 Å². The summed E-state index contributed by atoms with van der Waals surface area (Å²) in [5.74, 6) is -5.12. The number of carbonyl (C=O) groups excluding carboxylic acids is 4. The van der Waals surface area contributed by atoms with Crippen molar-refractivity contribution >= 4 is 120 Å². The second-order valence-electron chi connectivity index (χ2n) is 24.1. The molecule has 94 heavy (non-hydrogen) atoms. The van der Waals surface area contributed by atoms with Gasteiger partial charge >= 0.3 is 5.97 Å². The summed E-state index contributed by atoms with van der Waals surface area (Å²) in [7, 11) is -13.3. The van der Waals surface area contributed by atoms with Crippen molar-refractivity contribution in [1.29, 1.82) is 0 Å². The van der Waals surface area contributed by atoms with E-state index in [9.17, 15) is 62.9 Å². The van der Waals surface area contributed by atoms with Gasteiger partial charge in [-0.05, 0) is 148 Å². The monoisotopic (exact) mass is 1390 g/mol. The molecule has 0 saturated carbocycles. The lowest BCUT2D eigenvalue weighted by atomic mass is 9.74. The fourth-order valence-electron chi connectivity index (χ4n) is 12.7. The summed E-state index contributed by atoms with van der Waals surface area (Å²) in [5, 5.41) is 25.7. The summed E-state index contributed by atoms with van der Waals surface area (Å²) in [6.07, 6.45) is 12.2. The number of nitrogens with one attached hydrogen (secondary N) is 4. The van der Waals surface area contributed by atoms with Crippen molar-refractivity contribution in [3.63, 3.8) is 0 Å². The third-order valence-electron chi connectivity index (χ3n) is 17.0. The Morgan fingerprint density at radius 1 is 0.585 bits per heavy atom. The van der Waals surface area contributed by atoms with Crippen LogP contribution >= 0.6 is 22.7 Å². The molecule has 506 valence electrons. The zero-order valence-electron chi connectivity index (χ0n) is 53.7. The minimum atomic E-state index is -4.47. The Labute approximate surface area is 556 Å². The maximum Gasteiger partial charge on any atom is 0.303 e. The molecule has 8 N–H and O–H groups in total. The fraction of sp³-hybridized carbons (Fsp3) is 0.455. The molecular formula is C66H83N8O15S5+. The second-order valence-corrected chi connectivity index (χ2v) is 30.6. The van der Waals surface area contributed by atoms with E-state index in [1.54, 1.807) is 19.1 Å². The number of fused-ring (bicyclic) bond motifs is 6. The van der Waals surface area contributed by atoms with Crippen LogP contribution in [0.2, 0.25) is 0 Å². The van der Waals surface area contributed by atoms with Gasteiger partial charge in [0, 0.05) is 94.2 Å². The molecule has 6 heterocycles. The van der Waals surface area contributed by atoms with E-state index >= 15 is 0 Å². The van der Waals surface area contributed by atoms with E-state index in [0.29, 0.717) is 74.8 Å². The number of nitrogens with zero attached hydrogens (tertiary/aromatic N) is 4. The van der Waals surface area contributed by atoms with Crippen LogP contribution in [0, 0.1) is 0 Å². The first-order valence-electron chi connectivity index (χ1n) is 31.7. The standard InChI is InChI=1S/C66H82N8O15S5/c1-7-11-14-26-68-62(78)51-37-42(36-50(71-51)61(77)67-10-4)46-40-48-58(45-23-32-91-60(45)46)74(30-18-34-93(84,85)86)54(65(48,5)24-8-2)19-16-20-55-66(6,25-17-33-92(81,82)83)49-41-47(59-44(22-31-90-59)57(49)73(55)29-9-3)43-38-52(63(79)69-27-15-12-13-21-56(75)76)72-53(39-43)64(80)70-28-35-94(87,88)89/h16,19-20,22-23,31-32,36-41H,7-15,17-18,21,24-30,33-35H2,1-6H3,(H7-,67,68,69,70,75,76,77,78,79,80,81,82,83,84,85,86,87,88,89)/p+1. The van der Waals surface area contributed by atoms with E-state index in [1.807, 2.05) is 61.0 Å². The SMILES string of the molecule is CCCCCNC(=O)c1cc(-c2cc3c(c4ccsc24)[N+](CCCS(=O)(=O)O)=C(/C=C/C=C2/N(CCC)c4c(cc(-c5cc(C(=O)NCCCCCC(=O)O)nc(C(=O)NCCS(=O)(=O)O)c5)c5sccc45)C2(C)CCCS(=O)(=O)O)C3(C)CCC)cc(C(=O)NCC)n1. The molecule has 0 saturated heterocycles. The molecule has 0 bridgehead atoms. The van der Waals surface area contributed by atoms with E-state index in [1.165, 1.54) is 34.8 Å². The minimum absolute atomic E-state index is 0.0195. The van der Waals surface area contributed by atoms with Gasteiger partial charge in [-0.2, -0.15) is 29.8 Å². The highest BCUT2D eigenvalue weighted by Gasteiger charge is 2.49. The van der Waals surface area contributed by atoms with Gasteiger partial charge < -0.3 is 31.3 Å². The highest BCUT2D eigenvalue weighted by atomic mass is 32.2. The van der Waals surface area contributed by atoms with Gasteiger partial charge in [-0.25, -0.2) is 9.97 Å². The molecule has 4 amide bonds. The number of hydrogen-bond donors (Lipinski definition) is 8. The predicted octanol–water partition coefficient (Wildman–Crippen LogP) is 10.6. The lowest BCUT2D eigenvalue weighted by molar-refractivity contribution is -0.435. The number of amides is 4. The molecule has 0 spiro atoms. The summed E-state index contributed by atoms with van der Waals surface area (Å²) >= 11 is 2.88. The molecule has 28 heteroatoms. The highest BCUT2D eigenvalue weighted by molar-refractivity contribution is 7.86. The average molecular weight is 1390 g/mol. The van der Waals surface area contributed by atoms with Crippen molar-refractivity contribution in [1.82, 2.24) is 31.2 Å². The van der Waals surface area contributed by atoms with Crippen molar-refractivity contribution in [2.75, 3.05) is 61.4 Å². The van der Waals surface area contributed by atoms with Crippen molar-refractivity contribution in [2.45, 2.75) is 136 Å². The van der Waals surface area contributed by atoms with Crippen LogP contribution in [-0.4, -0.2) is 150 Å². The van der Waals surface area contributed by atoms with Crippen LogP contribution < -0.4 is 26.2 Å². The van der Waals surface area contributed by atoms with E-state index in [-0.39, 0.29) is 61.5 Å². The smallest absolute Gasteiger partial charge is 0.303 e. The molecule has 23 nitrogen and oxygen atoms in total. The predicted molar refractivity (Wildman–Crippen MR) is 368 cm³/mol. The number of carboxylic acids is 1. The summed E-state index contributed by atoms with van der Waals surface area (Å²) in [6, 6.07) is 14.4. The first-order valence-corrected chi connectivity index (χ1v) is 38.3. The zero-order valence-corrected chi connectivity index (χ0v) is 57.8. The summed E-state index contributed by atoms with van der Waals surface area (Å²) in [5.41, 5.74) is 5.21. The molecule has 0 aliphatic carbocycles. The van der Waals surface area contributed by atoms with Crippen LogP contribution in [0.15, 0.2) is 83.2 Å². The summed E-state index contributed by atoms with van der Waals surface area (Å²) < 4.78 is 107. The molecule has 2 aliphatic heterocycles. The number of carbonyl (C=O) groups is 5. The lowest BCUT2D eigenvalue weighted by Gasteiger charge is -2.30. The Bertz CT molecular complexity index is 4330. The van der Waals surface area contributed by atoms with Crippen molar-refractivity contribution in [3.05, 3.63) is 117 Å². The normalized spacial score (nSPS) is 16.9. The van der Waals surface area contributed by atoms with Crippen molar-refractivity contribution < 1.29 is 72.6 Å². The summed E-state index contributed by atoms with van der Waals surface area (Å²) in [4.78, 5) is 77.5. The Balaban J connectivity index is 1.30. The van der Waals surface area contributed by atoms with Gasteiger partial charge in [-0.3, -0.25) is 37.6 Å². The number of allylic oxidation sites excluding steroid dienone is 4. The topological polar surface area (TPSA) is 349 Å². The van der Waals surface area contributed by atoms with Gasteiger partial charge in [0.1, 0.15) is 29.3 Å². The van der Waals surface area contributed by atoms with Crippen LogP contribution in [-0.2, 0) is 46.0 Å². The molecule has 6 aromatic rings. The number of hydrogen-bond acceptors (Lipinski definition) is 16. The largest absolute Gasteiger partial charge is 0.481 e. The number of rotatable bonds is 34. The number of unbranched alkanes of at least 4 members (excludes halogenated alkanes) is 4. The number of carboxylic acid groups (broad SMARTS) is 1. The lowest BCUT2D eigenvalue weighted by Crippen LogP contribution is -2.32. The van der Waals surface area contributed by atoms with Gasteiger partial charge in [-0.1, -0.05) is 52.5 Å². The molecule has 0 fully saturated rings. The number of thiophene rings is 2. The molecule has 2 aromatic carbocycles. The Kier molecular flexibility index (Phi) is 24.0. The van der Waals surface area contributed by atoms with Gasteiger partial charge in [0.25, 0.3) is 54.0 Å². The highest BCUT2D eigenvalue weighted by Crippen LogP contribution is 2.56. The summed E-state index contributed by atoms with van der Waals surface area (Å²) in [6.45, 7) is 13.2. The molecule has 2 aliphatic rings. The van der Waals surface area contributed by atoms with E-state index in [2.05, 4.69) is 67.5 Å². The third-order valence-corrected chi connectivity index (χ3v) is 21.3. The second kappa shape index (κ2) is 31.1. The van der Waals surface area contributed by atoms with E-state index in [4.69, 9.17) is 5.11 Å². The Morgan fingerprint density at radius 3 is 1.64 bits per heavy atom. The molecule has 8 rings (SSSR count). The van der Waals surface area contributed by atoms with Crippen LogP contribution in [0.4, 0.5) is 11.4 Å². The Hall–Kier alpha value is -7.31. The van der Waals surface area contributed by atoms with Gasteiger partial charge in [0.15, 0.2) is 5.71 Å². The maximum absolute atomic E-state index is 14.0. The molecular weight excluding hydrogens is 1310 g/mol. The first-order chi connectivity index (χ1) is 44.6. The number of anilines is 1.